The van der Waals surface area contributed by atoms with E-state index >= 15 is 0 Å². The zero-order chi connectivity index (χ0) is 26.2. The number of benzene rings is 3. The van der Waals surface area contributed by atoms with E-state index in [1.165, 1.54) is 18.3 Å². The van der Waals surface area contributed by atoms with Crippen molar-refractivity contribution < 1.29 is 23.5 Å². The molecule has 0 unspecified atom stereocenters. The summed E-state index contributed by atoms with van der Waals surface area (Å²) in [6.45, 7) is 5.76. The Labute approximate surface area is 221 Å². The molecule has 0 aliphatic carbocycles. The van der Waals surface area contributed by atoms with Gasteiger partial charge in [0, 0.05) is 11.3 Å². The standard InChI is InChI=1S/C26H24BrClFN3O4/c1-4-35-23-12-17(11-19(27)24(23)36-14-18-20(28)6-5-7-21(18)29)13-30-32-26(34)25(33)31-22-10-15(2)8-9-16(22)3/h5-13H,4,14H2,1-3H3,(H,31,33)(H,32,34)/b30-13+. The number of amides is 2. The van der Waals surface area contributed by atoms with Gasteiger partial charge in [0.25, 0.3) is 0 Å². The van der Waals surface area contributed by atoms with Gasteiger partial charge < -0.3 is 14.8 Å². The monoisotopic (exact) mass is 575 g/mol. The van der Waals surface area contributed by atoms with E-state index in [0.717, 1.165) is 11.1 Å². The number of anilines is 1. The number of carbonyl (C=O) groups excluding carboxylic acids is 2. The summed E-state index contributed by atoms with van der Waals surface area (Å²) in [5.74, 6) is -1.51. The van der Waals surface area contributed by atoms with E-state index < -0.39 is 17.6 Å². The van der Waals surface area contributed by atoms with Gasteiger partial charge in [-0.3, -0.25) is 9.59 Å². The lowest BCUT2D eigenvalue weighted by Gasteiger charge is -2.15. The summed E-state index contributed by atoms with van der Waals surface area (Å²) in [5.41, 5.74) is 5.32. The summed E-state index contributed by atoms with van der Waals surface area (Å²) in [4.78, 5) is 24.4. The second-order valence-electron chi connectivity index (χ2n) is 7.72. The lowest BCUT2D eigenvalue weighted by atomic mass is 10.1. The maximum absolute atomic E-state index is 14.1. The molecule has 0 aliphatic heterocycles. The van der Waals surface area contributed by atoms with Crippen LogP contribution in [0.1, 0.15) is 29.2 Å². The summed E-state index contributed by atoms with van der Waals surface area (Å²) in [6.07, 6.45) is 1.36. The van der Waals surface area contributed by atoms with E-state index in [4.69, 9.17) is 21.1 Å². The lowest BCUT2D eigenvalue weighted by molar-refractivity contribution is -0.136. The Kier molecular flexibility index (Phi) is 9.44. The van der Waals surface area contributed by atoms with Gasteiger partial charge in [0.2, 0.25) is 0 Å². The van der Waals surface area contributed by atoms with Crippen LogP contribution in [0.25, 0.3) is 0 Å². The van der Waals surface area contributed by atoms with Crippen LogP contribution in [-0.2, 0) is 16.2 Å². The van der Waals surface area contributed by atoms with E-state index in [0.29, 0.717) is 33.8 Å². The van der Waals surface area contributed by atoms with Gasteiger partial charge in [-0.2, -0.15) is 5.10 Å². The van der Waals surface area contributed by atoms with Crippen molar-refractivity contribution in [1.82, 2.24) is 5.43 Å². The van der Waals surface area contributed by atoms with E-state index in [1.54, 1.807) is 31.2 Å². The molecule has 0 aromatic heterocycles. The third-order valence-electron chi connectivity index (χ3n) is 4.98. The van der Waals surface area contributed by atoms with Crippen molar-refractivity contribution in [2.24, 2.45) is 5.10 Å². The van der Waals surface area contributed by atoms with Crippen molar-refractivity contribution in [3.63, 3.8) is 0 Å². The summed E-state index contributed by atoms with van der Waals surface area (Å²) >= 11 is 9.51. The van der Waals surface area contributed by atoms with Gasteiger partial charge >= 0.3 is 11.8 Å². The Balaban J connectivity index is 1.69. The molecule has 3 aromatic carbocycles. The fourth-order valence-electron chi connectivity index (χ4n) is 3.15. The largest absolute Gasteiger partial charge is 0.490 e. The molecule has 10 heteroatoms. The van der Waals surface area contributed by atoms with Gasteiger partial charge in [-0.1, -0.05) is 29.8 Å². The zero-order valence-electron chi connectivity index (χ0n) is 19.8. The first kappa shape index (κ1) is 27.2. The molecular formula is C26H24BrClFN3O4. The molecule has 2 N–H and O–H groups in total. The maximum atomic E-state index is 14.1. The Morgan fingerprint density at radius 1 is 1.11 bits per heavy atom. The quantitative estimate of drug-likeness (QED) is 0.198. The van der Waals surface area contributed by atoms with Gasteiger partial charge in [0.05, 0.1) is 22.3 Å². The van der Waals surface area contributed by atoms with Crippen LogP contribution in [0, 0.1) is 19.7 Å². The Morgan fingerprint density at radius 2 is 1.89 bits per heavy atom. The zero-order valence-corrected chi connectivity index (χ0v) is 22.2. The minimum atomic E-state index is -0.919. The van der Waals surface area contributed by atoms with Crippen molar-refractivity contribution in [2.75, 3.05) is 11.9 Å². The molecule has 0 aliphatic rings. The van der Waals surface area contributed by atoms with E-state index in [9.17, 15) is 14.0 Å². The number of halogens is 3. The van der Waals surface area contributed by atoms with Crippen LogP contribution in [0.15, 0.2) is 58.1 Å². The lowest BCUT2D eigenvalue weighted by Crippen LogP contribution is -2.32. The molecule has 0 bridgehead atoms. The van der Waals surface area contributed by atoms with Crippen molar-refractivity contribution in [3.8, 4) is 11.5 Å². The van der Waals surface area contributed by atoms with E-state index in [2.05, 4.69) is 31.8 Å². The van der Waals surface area contributed by atoms with Crippen LogP contribution < -0.4 is 20.2 Å². The van der Waals surface area contributed by atoms with Crippen LogP contribution >= 0.6 is 27.5 Å². The fraction of sp³-hybridized carbons (Fsp3) is 0.192. The van der Waals surface area contributed by atoms with Gasteiger partial charge in [-0.05, 0) is 83.7 Å². The van der Waals surface area contributed by atoms with Crippen molar-refractivity contribution in [3.05, 3.63) is 86.1 Å². The van der Waals surface area contributed by atoms with E-state index in [1.807, 2.05) is 26.0 Å². The Bertz CT molecular complexity index is 1300. The first-order valence-electron chi connectivity index (χ1n) is 10.9. The van der Waals surface area contributed by atoms with Crippen LogP contribution in [-0.4, -0.2) is 24.6 Å². The molecule has 0 heterocycles. The normalized spacial score (nSPS) is 10.8. The molecule has 0 spiro atoms. The van der Waals surface area contributed by atoms with Crippen molar-refractivity contribution >= 4 is 51.2 Å². The maximum Gasteiger partial charge on any atom is 0.329 e. The molecular weight excluding hydrogens is 553 g/mol. The average Bonchev–Trinajstić information content (AvgIpc) is 2.82. The minimum absolute atomic E-state index is 0.108. The van der Waals surface area contributed by atoms with Crippen LogP contribution in [0.5, 0.6) is 11.5 Å². The molecule has 0 fully saturated rings. The number of hydrazone groups is 1. The smallest absolute Gasteiger partial charge is 0.329 e. The third-order valence-corrected chi connectivity index (χ3v) is 5.92. The first-order chi connectivity index (χ1) is 17.2. The first-order valence-corrected chi connectivity index (χ1v) is 12.1. The van der Waals surface area contributed by atoms with Gasteiger partial charge in [0.15, 0.2) is 11.5 Å². The van der Waals surface area contributed by atoms with E-state index in [-0.39, 0.29) is 17.2 Å². The predicted octanol–water partition coefficient (Wildman–Crippen LogP) is 5.92. The van der Waals surface area contributed by atoms with Gasteiger partial charge in [-0.25, -0.2) is 9.82 Å². The van der Waals surface area contributed by atoms with Crippen molar-refractivity contribution in [2.45, 2.75) is 27.4 Å². The molecule has 3 aromatic rings. The molecule has 0 saturated heterocycles. The Morgan fingerprint density at radius 3 is 2.61 bits per heavy atom. The number of hydrogen-bond donors (Lipinski definition) is 2. The second kappa shape index (κ2) is 12.5. The average molecular weight is 577 g/mol. The van der Waals surface area contributed by atoms with Crippen molar-refractivity contribution in [1.29, 1.82) is 0 Å². The molecule has 7 nitrogen and oxygen atoms in total. The third kappa shape index (κ3) is 7.05. The second-order valence-corrected chi connectivity index (χ2v) is 8.99. The van der Waals surface area contributed by atoms with Crippen LogP contribution in [0.4, 0.5) is 10.1 Å². The molecule has 0 atom stereocenters. The summed E-state index contributed by atoms with van der Waals surface area (Å²) < 4.78 is 26.1. The number of nitrogens with one attached hydrogen (secondary N) is 2. The van der Waals surface area contributed by atoms with Gasteiger partial charge in [-0.15, -0.1) is 0 Å². The van der Waals surface area contributed by atoms with Gasteiger partial charge in [0.1, 0.15) is 12.4 Å². The summed E-state index contributed by atoms with van der Waals surface area (Å²) in [7, 11) is 0. The number of ether oxygens (including phenoxy) is 2. The molecule has 0 radical (unpaired) electrons. The highest BCUT2D eigenvalue weighted by Gasteiger charge is 2.16. The topological polar surface area (TPSA) is 89.0 Å². The summed E-state index contributed by atoms with van der Waals surface area (Å²) in [6, 6.07) is 13.3. The van der Waals surface area contributed by atoms with Crippen LogP contribution in [0.2, 0.25) is 5.02 Å². The molecule has 3 rings (SSSR count). The SMILES string of the molecule is CCOc1cc(/C=N/NC(=O)C(=O)Nc2cc(C)ccc2C)cc(Br)c1OCc1c(F)cccc1Cl. The molecule has 36 heavy (non-hydrogen) atoms. The number of nitrogens with zero attached hydrogens (tertiary/aromatic N) is 1. The highest BCUT2D eigenvalue weighted by atomic mass is 79.9. The fourth-order valence-corrected chi connectivity index (χ4v) is 3.94. The molecule has 2 amide bonds. The highest BCUT2D eigenvalue weighted by Crippen LogP contribution is 2.37. The highest BCUT2D eigenvalue weighted by molar-refractivity contribution is 9.10. The number of carbonyl (C=O) groups is 2. The number of aryl methyl sites for hydroxylation is 2. The molecule has 0 saturated carbocycles. The Hall–Kier alpha value is -3.43. The molecule has 188 valence electrons. The number of hydrogen-bond acceptors (Lipinski definition) is 5. The van der Waals surface area contributed by atoms with Crippen LogP contribution in [0.3, 0.4) is 0 Å². The summed E-state index contributed by atoms with van der Waals surface area (Å²) in [5, 5.41) is 6.69. The minimum Gasteiger partial charge on any atom is -0.490 e. The predicted molar refractivity (Wildman–Crippen MR) is 141 cm³/mol. The number of rotatable bonds is 8.